The summed E-state index contributed by atoms with van der Waals surface area (Å²) in [5.74, 6) is -0.864. The number of carbonyl (C=O) groups excluding carboxylic acids is 1. The molecule has 0 heterocycles. The van der Waals surface area contributed by atoms with Crippen LogP contribution in [0.15, 0.2) is 0 Å². The first kappa shape index (κ1) is 15.9. The molecule has 1 amide bonds. The normalized spacial score (nSPS) is 14.1. The van der Waals surface area contributed by atoms with Crippen molar-refractivity contribution in [2.45, 2.75) is 64.5 Å². The van der Waals surface area contributed by atoms with Gasteiger partial charge in [0.05, 0.1) is 0 Å². The molecule has 0 aromatic heterocycles. The zero-order chi connectivity index (χ0) is 13.3. The van der Waals surface area contributed by atoms with Crippen molar-refractivity contribution in [1.29, 1.82) is 0 Å². The van der Waals surface area contributed by atoms with Crippen molar-refractivity contribution in [1.82, 2.24) is 5.32 Å². The van der Waals surface area contributed by atoms with Gasteiger partial charge >= 0.3 is 5.97 Å². The predicted octanol–water partition coefficient (Wildman–Crippen LogP) is 1.26. The minimum atomic E-state index is -0.828. The van der Waals surface area contributed by atoms with E-state index in [0.29, 0.717) is 19.3 Å². The monoisotopic (exact) mass is 244 g/mol. The molecule has 0 radical (unpaired) electrons. The third-order valence-corrected chi connectivity index (χ3v) is 2.83. The third kappa shape index (κ3) is 8.68. The molecule has 0 rings (SSSR count). The minimum Gasteiger partial charge on any atom is -0.481 e. The van der Waals surface area contributed by atoms with E-state index in [-0.39, 0.29) is 24.4 Å². The van der Waals surface area contributed by atoms with Crippen LogP contribution in [0.3, 0.4) is 0 Å². The van der Waals surface area contributed by atoms with E-state index in [1.807, 2.05) is 13.8 Å². The smallest absolute Gasteiger partial charge is 0.303 e. The zero-order valence-electron chi connectivity index (χ0n) is 10.7. The number of carbonyl (C=O) groups is 2. The molecule has 4 N–H and O–H groups in total. The molecular weight excluding hydrogens is 220 g/mol. The first-order valence-electron chi connectivity index (χ1n) is 6.26. The first-order valence-corrected chi connectivity index (χ1v) is 6.26. The van der Waals surface area contributed by atoms with Crippen molar-refractivity contribution in [3.63, 3.8) is 0 Å². The van der Waals surface area contributed by atoms with Crippen LogP contribution in [0, 0.1) is 0 Å². The number of rotatable bonds is 9. The summed E-state index contributed by atoms with van der Waals surface area (Å²) < 4.78 is 0. The number of nitrogens with two attached hydrogens (primary N) is 1. The average Bonchev–Trinajstić information content (AvgIpc) is 2.30. The Bertz CT molecular complexity index is 244. The Morgan fingerprint density at radius 1 is 1.18 bits per heavy atom. The summed E-state index contributed by atoms with van der Waals surface area (Å²) in [4.78, 5) is 22.0. The molecule has 5 nitrogen and oxygen atoms in total. The van der Waals surface area contributed by atoms with Crippen LogP contribution in [-0.2, 0) is 9.59 Å². The van der Waals surface area contributed by atoms with Crippen molar-refractivity contribution in [2.75, 3.05) is 0 Å². The molecule has 0 aliphatic rings. The second kappa shape index (κ2) is 8.98. The van der Waals surface area contributed by atoms with Gasteiger partial charge in [-0.2, -0.15) is 0 Å². The van der Waals surface area contributed by atoms with E-state index in [2.05, 4.69) is 5.32 Å². The van der Waals surface area contributed by atoms with Gasteiger partial charge in [0, 0.05) is 24.9 Å². The predicted molar refractivity (Wildman–Crippen MR) is 66.6 cm³/mol. The highest BCUT2D eigenvalue weighted by atomic mass is 16.4. The van der Waals surface area contributed by atoms with E-state index in [9.17, 15) is 9.59 Å². The fourth-order valence-corrected chi connectivity index (χ4v) is 1.50. The molecule has 0 spiro atoms. The Hall–Kier alpha value is -1.10. The fraction of sp³-hybridized carbons (Fsp3) is 0.833. The topological polar surface area (TPSA) is 92.4 Å². The minimum absolute atomic E-state index is 0.0360. The SMILES string of the molecule is CCC(N)CCC(=O)NC(CC)CCC(=O)O. The molecule has 2 atom stereocenters. The fourth-order valence-electron chi connectivity index (χ4n) is 1.50. The van der Waals surface area contributed by atoms with Gasteiger partial charge in [0.1, 0.15) is 0 Å². The largest absolute Gasteiger partial charge is 0.481 e. The summed E-state index contributed by atoms with van der Waals surface area (Å²) in [7, 11) is 0. The van der Waals surface area contributed by atoms with Crippen molar-refractivity contribution in [2.24, 2.45) is 5.73 Å². The van der Waals surface area contributed by atoms with Crippen LogP contribution in [0.1, 0.15) is 52.4 Å². The molecule has 0 aromatic carbocycles. The Labute approximate surface area is 103 Å². The number of hydrogen-bond acceptors (Lipinski definition) is 3. The lowest BCUT2D eigenvalue weighted by Gasteiger charge is -2.16. The maximum absolute atomic E-state index is 11.6. The maximum Gasteiger partial charge on any atom is 0.303 e. The van der Waals surface area contributed by atoms with Gasteiger partial charge in [-0.05, 0) is 25.7 Å². The average molecular weight is 244 g/mol. The molecule has 0 saturated heterocycles. The highest BCUT2D eigenvalue weighted by molar-refractivity contribution is 5.76. The summed E-state index contributed by atoms with van der Waals surface area (Å²) in [6.07, 6.45) is 3.28. The summed E-state index contributed by atoms with van der Waals surface area (Å²) >= 11 is 0. The Morgan fingerprint density at radius 2 is 1.82 bits per heavy atom. The van der Waals surface area contributed by atoms with E-state index in [1.165, 1.54) is 0 Å². The van der Waals surface area contributed by atoms with Crippen LogP contribution < -0.4 is 11.1 Å². The van der Waals surface area contributed by atoms with Gasteiger partial charge in [-0.25, -0.2) is 0 Å². The molecule has 0 fully saturated rings. The van der Waals surface area contributed by atoms with Crippen LogP contribution in [0.2, 0.25) is 0 Å². The lowest BCUT2D eigenvalue weighted by atomic mass is 10.1. The van der Waals surface area contributed by atoms with Gasteiger partial charge in [0.2, 0.25) is 5.91 Å². The highest BCUT2D eigenvalue weighted by Crippen LogP contribution is 2.04. The second-order valence-electron chi connectivity index (χ2n) is 4.31. The van der Waals surface area contributed by atoms with Crippen molar-refractivity contribution in [3.05, 3.63) is 0 Å². The molecule has 0 bridgehead atoms. The first-order chi connectivity index (χ1) is 7.99. The second-order valence-corrected chi connectivity index (χ2v) is 4.31. The van der Waals surface area contributed by atoms with Crippen LogP contribution in [-0.4, -0.2) is 29.1 Å². The summed E-state index contributed by atoms with van der Waals surface area (Å²) in [5.41, 5.74) is 5.73. The van der Waals surface area contributed by atoms with Crippen LogP contribution >= 0.6 is 0 Å². The molecule has 0 aromatic rings. The highest BCUT2D eigenvalue weighted by Gasteiger charge is 2.12. The van der Waals surface area contributed by atoms with Crippen LogP contribution in [0.5, 0.6) is 0 Å². The number of amides is 1. The number of carboxylic acid groups (broad SMARTS) is 1. The molecule has 0 aliphatic carbocycles. The van der Waals surface area contributed by atoms with Gasteiger partial charge in [-0.15, -0.1) is 0 Å². The Balaban J connectivity index is 3.85. The van der Waals surface area contributed by atoms with Gasteiger partial charge < -0.3 is 16.2 Å². The summed E-state index contributed by atoms with van der Waals surface area (Å²) in [6, 6.07) is 0.0243. The molecule has 0 saturated carbocycles. The molecule has 17 heavy (non-hydrogen) atoms. The summed E-state index contributed by atoms with van der Waals surface area (Å²) in [6.45, 7) is 3.93. The number of aliphatic carboxylic acids is 1. The van der Waals surface area contributed by atoms with Gasteiger partial charge in [-0.3, -0.25) is 9.59 Å². The molecular formula is C12H24N2O3. The molecule has 5 heteroatoms. The Kier molecular flexibility index (Phi) is 8.40. The third-order valence-electron chi connectivity index (χ3n) is 2.83. The standard InChI is InChI=1S/C12H24N2O3/c1-3-9(13)5-7-11(15)14-10(4-2)6-8-12(16)17/h9-10H,3-8,13H2,1-2H3,(H,14,15)(H,16,17). The molecule has 2 unspecified atom stereocenters. The van der Waals surface area contributed by atoms with Crippen LogP contribution in [0.4, 0.5) is 0 Å². The lowest BCUT2D eigenvalue weighted by Crippen LogP contribution is -2.35. The number of carboxylic acids is 1. The van der Waals surface area contributed by atoms with E-state index >= 15 is 0 Å². The van der Waals surface area contributed by atoms with E-state index in [1.54, 1.807) is 0 Å². The summed E-state index contributed by atoms with van der Waals surface area (Å²) in [5, 5.41) is 11.4. The van der Waals surface area contributed by atoms with Crippen molar-refractivity contribution >= 4 is 11.9 Å². The van der Waals surface area contributed by atoms with Gasteiger partial charge in [0.15, 0.2) is 0 Å². The van der Waals surface area contributed by atoms with Gasteiger partial charge in [-0.1, -0.05) is 13.8 Å². The quantitative estimate of drug-likeness (QED) is 0.569. The molecule has 100 valence electrons. The Morgan fingerprint density at radius 3 is 2.29 bits per heavy atom. The van der Waals surface area contributed by atoms with E-state index < -0.39 is 5.97 Å². The number of nitrogens with one attached hydrogen (secondary N) is 1. The lowest BCUT2D eigenvalue weighted by molar-refractivity contribution is -0.137. The molecule has 0 aliphatic heterocycles. The van der Waals surface area contributed by atoms with Gasteiger partial charge in [0.25, 0.3) is 0 Å². The zero-order valence-corrected chi connectivity index (χ0v) is 10.7. The van der Waals surface area contributed by atoms with Crippen LogP contribution in [0.25, 0.3) is 0 Å². The maximum atomic E-state index is 11.6. The van der Waals surface area contributed by atoms with Crippen molar-refractivity contribution < 1.29 is 14.7 Å². The van der Waals surface area contributed by atoms with E-state index in [4.69, 9.17) is 10.8 Å². The van der Waals surface area contributed by atoms with Crippen molar-refractivity contribution in [3.8, 4) is 0 Å². The van der Waals surface area contributed by atoms with E-state index in [0.717, 1.165) is 12.8 Å². The number of hydrogen-bond donors (Lipinski definition) is 3.